The molecule has 0 aliphatic heterocycles. The van der Waals surface area contributed by atoms with Crippen LogP contribution in [0.25, 0.3) is 10.9 Å². The first-order valence-corrected chi connectivity index (χ1v) is 7.85. The summed E-state index contributed by atoms with van der Waals surface area (Å²) in [5.74, 6) is -0.306. The van der Waals surface area contributed by atoms with Crippen LogP contribution in [0.15, 0.2) is 35.4 Å². The van der Waals surface area contributed by atoms with Crippen molar-refractivity contribution in [2.24, 2.45) is 0 Å². The number of fused-ring (bicyclic) bond motifs is 1. The first kappa shape index (κ1) is 15.7. The number of aromatic nitrogens is 2. The molecule has 1 saturated carbocycles. The van der Waals surface area contributed by atoms with Crippen molar-refractivity contribution in [3.63, 3.8) is 0 Å². The van der Waals surface area contributed by atoms with Crippen molar-refractivity contribution in [1.82, 2.24) is 9.55 Å². The van der Waals surface area contributed by atoms with Gasteiger partial charge in [0.15, 0.2) is 0 Å². The normalized spacial score (nSPS) is 20.7. The van der Waals surface area contributed by atoms with Crippen molar-refractivity contribution in [2.45, 2.75) is 44.4 Å². The van der Waals surface area contributed by atoms with Crippen LogP contribution in [-0.4, -0.2) is 34.8 Å². The predicted molar refractivity (Wildman–Crippen MR) is 85.1 cm³/mol. The summed E-state index contributed by atoms with van der Waals surface area (Å²) in [6, 6.07) is 7.17. The largest absolute Gasteiger partial charge is 0.460 e. The van der Waals surface area contributed by atoms with Crippen molar-refractivity contribution in [3.05, 3.63) is 40.9 Å². The molecule has 0 amide bonds. The molecular weight excluding hydrogens is 296 g/mol. The molecule has 3 rings (SSSR count). The number of methoxy groups -OCH3 is 1. The van der Waals surface area contributed by atoms with Crippen LogP contribution >= 0.6 is 0 Å². The highest BCUT2D eigenvalue weighted by Gasteiger charge is 2.30. The van der Waals surface area contributed by atoms with Crippen LogP contribution in [0.5, 0.6) is 0 Å². The van der Waals surface area contributed by atoms with Gasteiger partial charge in [-0.05, 0) is 31.4 Å². The highest BCUT2D eigenvalue weighted by molar-refractivity contribution is 5.77. The van der Waals surface area contributed by atoms with E-state index in [4.69, 9.17) is 9.47 Å². The summed E-state index contributed by atoms with van der Waals surface area (Å²) in [6.45, 7) is 0.264. The summed E-state index contributed by atoms with van der Waals surface area (Å²) in [4.78, 5) is 28.6. The number of nitrogens with zero attached hydrogens (tertiary/aromatic N) is 2. The fraction of sp³-hybridized carbons (Fsp3) is 0.471. The molecule has 1 aromatic heterocycles. The number of benzene rings is 1. The van der Waals surface area contributed by atoms with Gasteiger partial charge in [0.1, 0.15) is 6.10 Å². The van der Waals surface area contributed by atoms with E-state index in [2.05, 4.69) is 4.98 Å². The number of rotatable bonds is 5. The van der Waals surface area contributed by atoms with E-state index in [-0.39, 0.29) is 36.7 Å². The smallest absolute Gasteiger partial charge is 0.307 e. The number of aryl methyl sites for hydroxylation is 1. The summed E-state index contributed by atoms with van der Waals surface area (Å²) < 4.78 is 12.2. The van der Waals surface area contributed by atoms with E-state index in [1.807, 2.05) is 6.07 Å². The van der Waals surface area contributed by atoms with Crippen LogP contribution < -0.4 is 5.56 Å². The summed E-state index contributed by atoms with van der Waals surface area (Å²) >= 11 is 0. The van der Waals surface area contributed by atoms with E-state index >= 15 is 0 Å². The third kappa shape index (κ3) is 3.42. The number of esters is 1. The van der Waals surface area contributed by atoms with Gasteiger partial charge >= 0.3 is 5.97 Å². The van der Waals surface area contributed by atoms with Crippen LogP contribution in [0, 0.1) is 0 Å². The Bertz CT molecular complexity index is 756. The molecule has 6 heteroatoms. The van der Waals surface area contributed by atoms with Gasteiger partial charge in [-0.2, -0.15) is 0 Å². The maximum atomic E-state index is 12.3. The molecule has 1 aliphatic carbocycles. The lowest BCUT2D eigenvalue weighted by Crippen LogP contribution is -2.29. The fourth-order valence-electron chi connectivity index (χ4n) is 3.00. The average Bonchev–Trinajstić information content (AvgIpc) is 3.01. The molecule has 0 radical (unpaired) electrons. The van der Waals surface area contributed by atoms with E-state index in [1.54, 1.807) is 25.3 Å². The second-order valence-corrected chi connectivity index (χ2v) is 5.74. The number of hydrogen-bond donors (Lipinski definition) is 0. The van der Waals surface area contributed by atoms with Gasteiger partial charge in [0.2, 0.25) is 0 Å². The quantitative estimate of drug-likeness (QED) is 0.788. The summed E-state index contributed by atoms with van der Waals surface area (Å²) in [5.41, 5.74) is 0.518. The monoisotopic (exact) mass is 316 g/mol. The Morgan fingerprint density at radius 2 is 2.09 bits per heavy atom. The van der Waals surface area contributed by atoms with Crippen LogP contribution in [0.2, 0.25) is 0 Å². The Morgan fingerprint density at radius 1 is 1.30 bits per heavy atom. The molecule has 0 N–H and O–H groups in total. The van der Waals surface area contributed by atoms with E-state index in [1.165, 1.54) is 10.9 Å². The SMILES string of the molecule is CO[C@@H]1CCC[C@@H]1OC(=O)CCn1cnc2ccccc2c1=O. The number of ether oxygens (including phenoxy) is 2. The standard InChI is InChI=1S/C17H20N2O4/c1-22-14-7-4-8-15(14)23-16(20)9-10-19-11-18-13-6-3-2-5-12(13)17(19)21/h2-3,5-6,11,14-15H,4,7-10H2,1H3/t14-,15+/m1/s1. The van der Waals surface area contributed by atoms with Gasteiger partial charge in [0, 0.05) is 13.7 Å². The van der Waals surface area contributed by atoms with Crippen LogP contribution in [0.4, 0.5) is 0 Å². The fourth-order valence-corrected chi connectivity index (χ4v) is 3.00. The van der Waals surface area contributed by atoms with Gasteiger partial charge in [-0.3, -0.25) is 14.2 Å². The second kappa shape index (κ2) is 6.91. The summed E-state index contributed by atoms with van der Waals surface area (Å²) in [5, 5.41) is 0.554. The number of hydrogen-bond acceptors (Lipinski definition) is 5. The van der Waals surface area contributed by atoms with Crippen molar-refractivity contribution >= 4 is 16.9 Å². The molecule has 1 fully saturated rings. The van der Waals surface area contributed by atoms with Gasteiger partial charge in [-0.15, -0.1) is 0 Å². The predicted octanol–water partition coefficient (Wildman–Crippen LogP) is 1.90. The van der Waals surface area contributed by atoms with Gasteiger partial charge in [0.25, 0.3) is 5.56 Å². The number of carbonyl (C=O) groups is 1. The number of para-hydroxylation sites is 1. The maximum absolute atomic E-state index is 12.3. The van der Waals surface area contributed by atoms with E-state index in [0.29, 0.717) is 10.9 Å². The van der Waals surface area contributed by atoms with E-state index in [9.17, 15) is 9.59 Å². The zero-order chi connectivity index (χ0) is 16.2. The van der Waals surface area contributed by atoms with Crippen LogP contribution in [0.1, 0.15) is 25.7 Å². The Labute approximate surface area is 134 Å². The van der Waals surface area contributed by atoms with Crippen molar-refractivity contribution in [1.29, 1.82) is 0 Å². The Morgan fingerprint density at radius 3 is 2.91 bits per heavy atom. The molecule has 0 spiro atoms. The minimum absolute atomic E-state index is 0.0102. The molecule has 0 bridgehead atoms. The third-order valence-corrected chi connectivity index (χ3v) is 4.27. The first-order valence-electron chi connectivity index (χ1n) is 7.85. The molecule has 122 valence electrons. The van der Waals surface area contributed by atoms with Crippen LogP contribution in [0.3, 0.4) is 0 Å². The molecule has 2 atom stereocenters. The highest BCUT2D eigenvalue weighted by atomic mass is 16.6. The molecule has 2 aromatic rings. The molecule has 1 aliphatic rings. The molecule has 1 aromatic carbocycles. The lowest BCUT2D eigenvalue weighted by molar-refractivity contribution is -0.154. The minimum atomic E-state index is -0.306. The molecule has 0 unspecified atom stereocenters. The zero-order valence-electron chi connectivity index (χ0n) is 13.1. The Hall–Kier alpha value is -2.21. The van der Waals surface area contributed by atoms with Crippen molar-refractivity contribution in [2.75, 3.05) is 7.11 Å². The van der Waals surface area contributed by atoms with E-state index < -0.39 is 0 Å². The van der Waals surface area contributed by atoms with Gasteiger partial charge in [0.05, 0.1) is 29.8 Å². The second-order valence-electron chi connectivity index (χ2n) is 5.74. The minimum Gasteiger partial charge on any atom is -0.460 e. The zero-order valence-corrected chi connectivity index (χ0v) is 13.1. The molecule has 23 heavy (non-hydrogen) atoms. The lowest BCUT2D eigenvalue weighted by atomic mass is 10.2. The van der Waals surface area contributed by atoms with Crippen molar-refractivity contribution < 1.29 is 14.3 Å². The first-order chi connectivity index (χ1) is 11.2. The average molecular weight is 316 g/mol. The van der Waals surface area contributed by atoms with Crippen molar-refractivity contribution in [3.8, 4) is 0 Å². The van der Waals surface area contributed by atoms with E-state index in [0.717, 1.165) is 19.3 Å². The molecule has 0 saturated heterocycles. The Kier molecular flexibility index (Phi) is 4.71. The number of carbonyl (C=O) groups excluding carboxylic acids is 1. The maximum Gasteiger partial charge on any atom is 0.307 e. The van der Waals surface area contributed by atoms with Gasteiger partial charge in [-0.1, -0.05) is 12.1 Å². The van der Waals surface area contributed by atoms with Crippen LogP contribution in [-0.2, 0) is 20.8 Å². The van der Waals surface area contributed by atoms with Gasteiger partial charge in [-0.25, -0.2) is 4.98 Å². The summed E-state index contributed by atoms with van der Waals surface area (Å²) in [7, 11) is 1.64. The van der Waals surface area contributed by atoms with Gasteiger partial charge < -0.3 is 9.47 Å². The highest BCUT2D eigenvalue weighted by Crippen LogP contribution is 2.24. The molecule has 6 nitrogen and oxygen atoms in total. The topological polar surface area (TPSA) is 70.4 Å². The third-order valence-electron chi connectivity index (χ3n) is 4.27. The lowest BCUT2D eigenvalue weighted by Gasteiger charge is -2.18. The Balaban J connectivity index is 1.63. The molecular formula is C17H20N2O4. The molecule has 1 heterocycles. The summed E-state index contributed by atoms with van der Waals surface area (Å²) in [6.07, 6.45) is 4.20.